The van der Waals surface area contributed by atoms with Crippen LogP contribution in [0.5, 0.6) is 0 Å². The largest absolute Gasteiger partial charge is 0.466 e. The fourth-order valence-electron chi connectivity index (χ4n) is 2.48. The molecule has 1 unspecified atom stereocenters. The van der Waals surface area contributed by atoms with Gasteiger partial charge in [-0.25, -0.2) is 9.78 Å². The van der Waals surface area contributed by atoms with E-state index in [1.807, 2.05) is 0 Å². The lowest BCUT2D eigenvalue weighted by Gasteiger charge is -2.11. The second kappa shape index (κ2) is 7.52. The molecule has 136 valence electrons. The Hall–Kier alpha value is -2.94. The van der Waals surface area contributed by atoms with Crippen molar-refractivity contribution >= 4 is 39.4 Å². The second-order valence-electron chi connectivity index (χ2n) is 5.50. The number of ether oxygens (including phenoxy) is 1. The van der Waals surface area contributed by atoms with Gasteiger partial charge < -0.3 is 14.5 Å². The Kier molecular flexibility index (Phi) is 5.17. The minimum absolute atomic E-state index is 0.0432. The maximum absolute atomic E-state index is 12.5. The van der Waals surface area contributed by atoms with E-state index in [0.29, 0.717) is 28.5 Å². The number of para-hydroxylation sites is 2. The quantitative estimate of drug-likeness (QED) is 0.664. The van der Waals surface area contributed by atoms with E-state index in [9.17, 15) is 14.4 Å². The summed E-state index contributed by atoms with van der Waals surface area (Å²) < 4.78 is 11.3. The molecule has 0 aliphatic heterocycles. The van der Waals surface area contributed by atoms with E-state index in [4.69, 9.17) is 9.15 Å². The molecule has 0 saturated heterocycles. The van der Waals surface area contributed by atoms with Crippen LogP contribution in [0.2, 0.25) is 0 Å². The number of anilines is 1. The molecule has 3 aromatic rings. The average Bonchev–Trinajstić information content (AvgIpc) is 3.17. The molecule has 0 aliphatic carbocycles. The van der Waals surface area contributed by atoms with Gasteiger partial charge in [0.05, 0.1) is 24.2 Å². The van der Waals surface area contributed by atoms with Crippen molar-refractivity contribution in [3.8, 4) is 0 Å². The molecule has 1 atom stereocenters. The van der Waals surface area contributed by atoms with Crippen molar-refractivity contribution in [2.24, 2.45) is 0 Å². The highest BCUT2D eigenvalue weighted by Crippen LogP contribution is 2.20. The molecule has 0 fully saturated rings. The third-order valence-corrected chi connectivity index (χ3v) is 4.50. The molecule has 1 aromatic carbocycles. The normalized spacial score (nSPS) is 12.1. The molecule has 9 heteroatoms. The van der Waals surface area contributed by atoms with Gasteiger partial charge in [-0.2, -0.15) is 0 Å². The maximum atomic E-state index is 12.5. The van der Waals surface area contributed by atoms with Gasteiger partial charge in [-0.15, -0.1) is 11.3 Å². The third kappa shape index (κ3) is 3.67. The van der Waals surface area contributed by atoms with Crippen LogP contribution in [0.15, 0.2) is 38.9 Å². The van der Waals surface area contributed by atoms with E-state index in [-0.39, 0.29) is 12.4 Å². The van der Waals surface area contributed by atoms with Gasteiger partial charge in [0.15, 0.2) is 10.7 Å². The molecule has 0 saturated carbocycles. The molecule has 0 spiro atoms. The van der Waals surface area contributed by atoms with Crippen molar-refractivity contribution in [2.45, 2.75) is 26.3 Å². The number of carbonyl (C=O) groups excluding carboxylic acids is 2. The number of oxazole rings is 1. The summed E-state index contributed by atoms with van der Waals surface area (Å²) in [6.45, 7) is 3.64. The number of benzene rings is 1. The zero-order chi connectivity index (χ0) is 18.7. The number of rotatable bonds is 6. The number of nitrogens with zero attached hydrogens (tertiary/aromatic N) is 2. The molecule has 1 N–H and O–H groups in total. The van der Waals surface area contributed by atoms with Crippen molar-refractivity contribution in [3.05, 3.63) is 45.9 Å². The Balaban J connectivity index is 1.73. The molecule has 26 heavy (non-hydrogen) atoms. The SMILES string of the molecule is CCOC(=O)Cc1csc(NC(=O)C(C)n2c(=O)oc3ccccc32)n1. The minimum atomic E-state index is -0.788. The Bertz CT molecular complexity index is 1000. The van der Waals surface area contributed by atoms with Crippen LogP contribution in [0.1, 0.15) is 25.6 Å². The van der Waals surface area contributed by atoms with Crippen LogP contribution in [0.4, 0.5) is 5.13 Å². The third-order valence-electron chi connectivity index (χ3n) is 3.70. The topological polar surface area (TPSA) is 103 Å². The van der Waals surface area contributed by atoms with Gasteiger partial charge in [-0.3, -0.25) is 14.2 Å². The van der Waals surface area contributed by atoms with Crippen molar-refractivity contribution in [1.82, 2.24) is 9.55 Å². The van der Waals surface area contributed by atoms with E-state index >= 15 is 0 Å². The first-order chi connectivity index (χ1) is 12.5. The van der Waals surface area contributed by atoms with Gasteiger partial charge in [0, 0.05) is 5.38 Å². The van der Waals surface area contributed by atoms with Crippen LogP contribution < -0.4 is 11.1 Å². The fraction of sp³-hybridized carbons (Fsp3) is 0.294. The molecule has 0 aliphatic rings. The van der Waals surface area contributed by atoms with E-state index in [0.717, 1.165) is 0 Å². The zero-order valence-corrected chi connectivity index (χ0v) is 15.0. The number of hydrogen-bond acceptors (Lipinski definition) is 7. The Labute approximate surface area is 152 Å². The van der Waals surface area contributed by atoms with Gasteiger partial charge in [-0.05, 0) is 26.0 Å². The van der Waals surface area contributed by atoms with E-state index in [1.165, 1.54) is 15.9 Å². The molecule has 3 rings (SSSR count). The van der Waals surface area contributed by atoms with E-state index in [1.54, 1.807) is 43.5 Å². The predicted molar refractivity (Wildman–Crippen MR) is 96.3 cm³/mol. The van der Waals surface area contributed by atoms with Gasteiger partial charge in [0.25, 0.3) is 0 Å². The van der Waals surface area contributed by atoms with Gasteiger partial charge in [0.1, 0.15) is 6.04 Å². The van der Waals surface area contributed by atoms with Crippen LogP contribution in [-0.4, -0.2) is 28.0 Å². The van der Waals surface area contributed by atoms with Crippen LogP contribution >= 0.6 is 11.3 Å². The predicted octanol–water partition coefficient (Wildman–Crippen LogP) is 2.36. The number of aromatic nitrogens is 2. The second-order valence-corrected chi connectivity index (χ2v) is 6.35. The molecule has 1 amide bonds. The molecule has 2 aromatic heterocycles. The van der Waals surface area contributed by atoms with Crippen molar-refractivity contribution in [2.75, 3.05) is 11.9 Å². The Morgan fingerprint density at radius 1 is 1.38 bits per heavy atom. The van der Waals surface area contributed by atoms with Crippen LogP contribution in [-0.2, 0) is 20.7 Å². The average molecular weight is 375 g/mol. The first-order valence-electron chi connectivity index (χ1n) is 8.00. The molecular weight excluding hydrogens is 358 g/mol. The lowest BCUT2D eigenvalue weighted by Crippen LogP contribution is -2.29. The standard InChI is InChI=1S/C17H17N3O5S/c1-3-24-14(21)8-11-9-26-16(18-11)19-15(22)10(2)20-12-6-4-5-7-13(12)25-17(20)23/h4-7,9-10H,3,8H2,1-2H3,(H,18,19,22). The monoisotopic (exact) mass is 375 g/mol. The minimum Gasteiger partial charge on any atom is -0.466 e. The Morgan fingerprint density at radius 2 is 2.15 bits per heavy atom. The summed E-state index contributed by atoms with van der Waals surface area (Å²) in [5.41, 5.74) is 1.48. The summed E-state index contributed by atoms with van der Waals surface area (Å²) in [5, 5.41) is 4.69. The first-order valence-corrected chi connectivity index (χ1v) is 8.88. The summed E-state index contributed by atoms with van der Waals surface area (Å²) >= 11 is 1.20. The fourth-order valence-corrected chi connectivity index (χ4v) is 3.20. The van der Waals surface area contributed by atoms with Crippen LogP contribution in [0, 0.1) is 0 Å². The molecule has 8 nitrogen and oxygen atoms in total. The highest BCUT2D eigenvalue weighted by atomic mass is 32.1. The van der Waals surface area contributed by atoms with E-state index < -0.39 is 17.7 Å². The number of amides is 1. The zero-order valence-electron chi connectivity index (χ0n) is 14.2. The summed E-state index contributed by atoms with van der Waals surface area (Å²) in [7, 11) is 0. The van der Waals surface area contributed by atoms with Crippen LogP contribution in [0.3, 0.4) is 0 Å². The van der Waals surface area contributed by atoms with Gasteiger partial charge >= 0.3 is 11.7 Å². The molecule has 2 heterocycles. The lowest BCUT2D eigenvalue weighted by atomic mass is 10.2. The molecule has 0 radical (unpaired) electrons. The summed E-state index contributed by atoms with van der Waals surface area (Å²) in [6, 6.07) is 6.11. The number of thiazole rings is 1. The summed E-state index contributed by atoms with van der Waals surface area (Å²) in [4.78, 5) is 40.3. The van der Waals surface area contributed by atoms with Crippen molar-refractivity contribution in [1.29, 1.82) is 0 Å². The number of carbonyl (C=O) groups is 2. The highest BCUT2D eigenvalue weighted by molar-refractivity contribution is 7.13. The smallest absolute Gasteiger partial charge is 0.420 e. The summed E-state index contributed by atoms with van der Waals surface area (Å²) in [5.74, 6) is -1.38. The molecule has 0 bridgehead atoms. The maximum Gasteiger partial charge on any atom is 0.420 e. The van der Waals surface area contributed by atoms with Crippen molar-refractivity contribution in [3.63, 3.8) is 0 Å². The number of nitrogens with one attached hydrogen (secondary N) is 1. The van der Waals surface area contributed by atoms with Crippen molar-refractivity contribution < 1.29 is 18.7 Å². The number of esters is 1. The highest BCUT2D eigenvalue weighted by Gasteiger charge is 2.22. The Morgan fingerprint density at radius 3 is 2.92 bits per heavy atom. The van der Waals surface area contributed by atoms with Crippen LogP contribution in [0.25, 0.3) is 11.1 Å². The van der Waals surface area contributed by atoms with Gasteiger partial charge in [0.2, 0.25) is 5.91 Å². The summed E-state index contributed by atoms with van der Waals surface area (Å²) in [6.07, 6.45) is 0.0432. The first kappa shape index (κ1) is 17.9. The van der Waals surface area contributed by atoms with E-state index in [2.05, 4.69) is 10.3 Å². The molecular formula is C17H17N3O5S. The number of hydrogen-bond donors (Lipinski definition) is 1. The van der Waals surface area contributed by atoms with Gasteiger partial charge in [-0.1, -0.05) is 12.1 Å². The number of fused-ring (bicyclic) bond motifs is 1. The lowest BCUT2D eigenvalue weighted by molar-refractivity contribution is -0.142.